The first-order valence-corrected chi connectivity index (χ1v) is 11.2. The maximum atomic E-state index is 13.1. The summed E-state index contributed by atoms with van der Waals surface area (Å²) in [5.74, 6) is 0.652. The summed E-state index contributed by atoms with van der Waals surface area (Å²) in [6.45, 7) is 0. The van der Waals surface area contributed by atoms with E-state index in [0.717, 1.165) is 15.3 Å². The summed E-state index contributed by atoms with van der Waals surface area (Å²) in [4.78, 5) is 32.9. The Balaban J connectivity index is 1.70. The molecule has 0 N–H and O–H groups in total. The van der Waals surface area contributed by atoms with Crippen LogP contribution in [-0.4, -0.2) is 38.1 Å². The van der Waals surface area contributed by atoms with Crippen molar-refractivity contribution in [2.75, 3.05) is 26.2 Å². The zero-order valence-corrected chi connectivity index (χ0v) is 19.5. The largest absolute Gasteiger partial charge is 0.493 e. The molecular formula is C26H20N2O5S. The van der Waals surface area contributed by atoms with Gasteiger partial charge in [0.1, 0.15) is 0 Å². The van der Waals surface area contributed by atoms with Crippen LogP contribution < -0.4 is 19.1 Å². The van der Waals surface area contributed by atoms with E-state index in [0.29, 0.717) is 44.8 Å². The van der Waals surface area contributed by atoms with Crippen LogP contribution in [0.2, 0.25) is 0 Å². The summed E-state index contributed by atoms with van der Waals surface area (Å²) >= 11 is 1.28. The maximum absolute atomic E-state index is 13.1. The summed E-state index contributed by atoms with van der Waals surface area (Å²) < 4.78 is 16.5. The lowest BCUT2D eigenvalue weighted by atomic mass is 10.1. The molecule has 34 heavy (non-hydrogen) atoms. The van der Waals surface area contributed by atoms with Gasteiger partial charge in [-0.25, -0.2) is 9.88 Å². The van der Waals surface area contributed by atoms with E-state index in [2.05, 4.69) is 0 Å². The van der Waals surface area contributed by atoms with Gasteiger partial charge in [-0.05, 0) is 29.8 Å². The van der Waals surface area contributed by atoms with Crippen molar-refractivity contribution in [1.29, 1.82) is 0 Å². The van der Waals surface area contributed by atoms with Crippen LogP contribution in [0.15, 0.2) is 66.7 Å². The van der Waals surface area contributed by atoms with Crippen LogP contribution in [-0.2, 0) is 0 Å². The van der Waals surface area contributed by atoms with Crippen LogP contribution in [0.4, 0.5) is 5.13 Å². The van der Waals surface area contributed by atoms with Crippen molar-refractivity contribution >= 4 is 28.3 Å². The monoisotopic (exact) mass is 472 g/mol. The molecule has 1 aliphatic heterocycles. The molecule has 1 aliphatic rings. The number of benzene rings is 3. The van der Waals surface area contributed by atoms with Crippen LogP contribution in [0.5, 0.6) is 17.2 Å². The molecule has 0 atom stereocenters. The molecule has 2 heterocycles. The number of methoxy groups -OCH3 is 3. The molecule has 0 aliphatic carbocycles. The molecule has 0 spiro atoms. The summed E-state index contributed by atoms with van der Waals surface area (Å²) in [6, 6.07) is 20.1. The van der Waals surface area contributed by atoms with Crippen molar-refractivity contribution in [1.82, 2.24) is 4.98 Å². The normalized spacial score (nSPS) is 12.6. The van der Waals surface area contributed by atoms with Crippen LogP contribution in [0.1, 0.15) is 20.7 Å². The molecule has 0 bridgehead atoms. The van der Waals surface area contributed by atoms with Crippen molar-refractivity contribution in [3.63, 3.8) is 0 Å². The summed E-state index contributed by atoms with van der Waals surface area (Å²) in [6.07, 6.45) is 0. The lowest BCUT2D eigenvalue weighted by Crippen LogP contribution is -2.29. The highest BCUT2D eigenvalue weighted by Gasteiger charge is 2.38. The molecule has 2 amide bonds. The van der Waals surface area contributed by atoms with Gasteiger partial charge in [-0.1, -0.05) is 53.8 Å². The molecule has 0 saturated heterocycles. The van der Waals surface area contributed by atoms with Crippen LogP contribution in [0.3, 0.4) is 0 Å². The molecule has 7 nitrogen and oxygen atoms in total. The number of aromatic nitrogens is 1. The number of hydrogen-bond donors (Lipinski definition) is 0. The Morgan fingerprint density at radius 3 is 1.82 bits per heavy atom. The van der Waals surface area contributed by atoms with Gasteiger partial charge in [0.25, 0.3) is 11.8 Å². The number of amides is 2. The zero-order valence-electron chi connectivity index (χ0n) is 18.7. The first kappa shape index (κ1) is 21.7. The lowest BCUT2D eigenvalue weighted by molar-refractivity contribution is 0.0926. The van der Waals surface area contributed by atoms with E-state index in [-0.39, 0.29) is 11.8 Å². The Labute approximate surface area is 200 Å². The van der Waals surface area contributed by atoms with Crippen molar-refractivity contribution in [2.24, 2.45) is 0 Å². The fourth-order valence-corrected chi connectivity index (χ4v) is 5.06. The summed E-state index contributed by atoms with van der Waals surface area (Å²) in [5.41, 5.74) is 2.96. The van der Waals surface area contributed by atoms with Gasteiger partial charge < -0.3 is 14.2 Å². The number of carbonyl (C=O) groups is 2. The summed E-state index contributed by atoms with van der Waals surface area (Å²) in [7, 11) is 4.63. The zero-order chi connectivity index (χ0) is 23.8. The third kappa shape index (κ3) is 3.39. The minimum absolute atomic E-state index is 0.300. The van der Waals surface area contributed by atoms with Crippen LogP contribution in [0, 0.1) is 0 Å². The number of imide groups is 1. The Bertz CT molecular complexity index is 1350. The van der Waals surface area contributed by atoms with Gasteiger partial charge in [0, 0.05) is 5.56 Å². The van der Waals surface area contributed by atoms with E-state index in [9.17, 15) is 9.59 Å². The number of hydrogen-bond acceptors (Lipinski definition) is 7. The molecule has 5 rings (SSSR count). The second-order valence-electron chi connectivity index (χ2n) is 7.45. The van der Waals surface area contributed by atoms with E-state index in [4.69, 9.17) is 19.2 Å². The van der Waals surface area contributed by atoms with Gasteiger partial charge >= 0.3 is 0 Å². The van der Waals surface area contributed by atoms with Gasteiger partial charge in [-0.3, -0.25) is 9.59 Å². The number of rotatable bonds is 6. The molecule has 170 valence electrons. The average molecular weight is 473 g/mol. The highest BCUT2D eigenvalue weighted by Crippen LogP contribution is 2.46. The molecule has 4 aromatic rings. The van der Waals surface area contributed by atoms with Gasteiger partial charge in [-0.2, -0.15) is 0 Å². The maximum Gasteiger partial charge on any atom is 0.268 e. The predicted molar refractivity (Wildman–Crippen MR) is 130 cm³/mol. The number of fused-ring (bicyclic) bond motifs is 1. The molecule has 0 saturated carbocycles. The van der Waals surface area contributed by atoms with E-state index in [1.807, 2.05) is 30.3 Å². The van der Waals surface area contributed by atoms with E-state index >= 15 is 0 Å². The SMILES string of the molecule is COc1cc(-c2nc(N3C(=O)c4ccccc4C3=O)sc2-c2ccccc2)cc(OC)c1OC. The minimum atomic E-state index is -0.384. The van der Waals surface area contributed by atoms with Gasteiger partial charge in [0.05, 0.1) is 43.0 Å². The Morgan fingerprint density at radius 2 is 1.29 bits per heavy atom. The average Bonchev–Trinajstić information content (AvgIpc) is 3.43. The second-order valence-corrected chi connectivity index (χ2v) is 8.42. The van der Waals surface area contributed by atoms with Gasteiger partial charge in [0.15, 0.2) is 11.5 Å². The van der Waals surface area contributed by atoms with Crippen molar-refractivity contribution in [2.45, 2.75) is 0 Å². The topological polar surface area (TPSA) is 78.0 Å². The Kier molecular flexibility index (Phi) is 5.51. The van der Waals surface area contributed by atoms with Crippen molar-refractivity contribution in [3.8, 4) is 38.9 Å². The molecule has 0 radical (unpaired) electrons. The number of thiazole rings is 1. The smallest absolute Gasteiger partial charge is 0.268 e. The highest BCUT2D eigenvalue weighted by atomic mass is 32.1. The number of ether oxygens (including phenoxy) is 3. The Morgan fingerprint density at radius 1 is 0.735 bits per heavy atom. The number of carbonyl (C=O) groups excluding carboxylic acids is 2. The quantitative estimate of drug-likeness (QED) is 0.354. The third-order valence-electron chi connectivity index (χ3n) is 5.58. The first-order chi connectivity index (χ1) is 16.6. The number of nitrogens with zero attached hydrogens (tertiary/aromatic N) is 2. The van der Waals surface area contributed by atoms with Crippen molar-refractivity contribution in [3.05, 3.63) is 77.9 Å². The lowest BCUT2D eigenvalue weighted by Gasteiger charge is -2.14. The van der Waals surface area contributed by atoms with Crippen molar-refractivity contribution < 1.29 is 23.8 Å². The van der Waals surface area contributed by atoms with E-state index < -0.39 is 0 Å². The molecule has 0 unspecified atom stereocenters. The third-order valence-corrected chi connectivity index (χ3v) is 6.66. The standard InChI is InChI=1S/C26H20N2O5S/c1-31-19-13-16(14-20(32-2)22(19)33-3)21-23(15-9-5-4-6-10-15)34-26(27-21)28-24(29)17-11-7-8-12-18(17)25(28)30/h4-14H,1-3H3. The fourth-order valence-electron chi connectivity index (χ4n) is 3.97. The minimum Gasteiger partial charge on any atom is -0.493 e. The molecular weight excluding hydrogens is 452 g/mol. The van der Waals surface area contributed by atoms with Gasteiger partial charge in [0.2, 0.25) is 10.9 Å². The predicted octanol–water partition coefficient (Wildman–Crippen LogP) is 5.30. The first-order valence-electron chi connectivity index (χ1n) is 10.4. The molecule has 1 aromatic heterocycles. The summed E-state index contributed by atoms with van der Waals surface area (Å²) in [5, 5.41) is 0.300. The van der Waals surface area contributed by atoms with E-state index in [1.54, 1.807) is 57.7 Å². The van der Waals surface area contributed by atoms with E-state index in [1.165, 1.54) is 11.3 Å². The Hall–Kier alpha value is -4.17. The molecule has 0 fully saturated rings. The highest BCUT2D eigenvalue weighted by molar-refractivity contribution is 7.20. The second kappa shape index (κ2) is 8.64. The van der Waals surface area contributed by atoms with Gasteiger partial charge in [-0.15, -0.1) is 0 Å². The number of anilines is 1. The van der Waals surface area contributed by atoms with Crippen LogP contribution >= 0.6 is 11.3 Å². The van der Waals surface area contributed by atoms with Crippen LogP contribution in [0.25, 0.3) is 21.7 Å². The molecule has 3 aromatic carbocycles. The molecule has 8 heteroatoms. The fraction of sp³-hybridized carbons (Fsp3) is 0.115.